The topological polar surface area (TPSA) is 66.8 Å². The lowest BCUT2D eigenvalue weighted by molar-refractivity contribution is -0.141. The number of ether oxygens (including phenoxy) is 1. The van der Waals surface area contributed by atoms with Crippen molar-refractivity contribution in [1.82, 2.24) is 0 Å². The van der Waals surface area contributed by atoms with Crippen LogP contribution in [0, 0.1) is 5.92 Å². The second-order valence-electron chi connectivity index (χ2n) is 5.83. The molecule has 1 fully saturated rings. The molecule has 21 heavy (non-hydrogen) atoms. The summed E-state index contributed by atoms with van der Waals surface area (Å²) in [7, 11) is 0. The van der Waals surface area contributed by atoms with Gasteiger partial charge < -0.3 is 14.7 Å². The third-order valence-electron chi connectivity index (χ3n) is 4.27. The Morgan fingerprint density at radius 1 is 1.29 bits per heavy atom. The molecule has 1 aromatic carbocycles. The van der Waals surface area contributed by atoms with E-state index in [1.165, 1.54) is 0 Å². The van der Waals surface area contributed by atoms with Crippen LogP contribution in [0.3, 0.4) is 0 Å². The lowest BCUT2D eigenvalue weighted by Gasteiger charge is -2.34. The average Bonchev–Trinajstić information content (AvgIpc) is 2.92. The van der Waals surface area contributed by atoms with Crippen molar-refractivity contribution < 1.29 is 19.4 Å². The standard InChI is InChI=1S/C16H19NO4/c1-10-6-7-14(21-10)15(18)17-9-12(16(19)20)8-11-4-2-3-5-13(11)17/h2-5,10,12,14H,6-9H2,1H3,(H,19,20). The van der Waals surface area contributed by atoms with Crippen LogP contribution >= 0.6 is 0 Å². The largest absolute Gasteiger partial charge is 0.481 e. The molecule has 0 aromatic heterocycles. The molecule has 0 radical (unpaired) electrons. The van der Waals surface area contributed by atoms with E-state index in [1.807, 2.05) is 31.2 Å². The van der Waals surface area contributed by atoms with E-state index in [9.17, 15) is 14.7 Å². The van der Waals surface area contributed by atoms with Crippen LogP contribution in [-0.4, -0.2) is 35.7 Å². The molecule has 0 spiro atoms. The van der Waals surface area contributed by atoms with Gasteiger partial charge in [-0.05, 0) is 37.8 Å². The first kappa shape index (κ1) is 14.1. The zero-order valence-electron chi connectivity index (χ0n) is 12.0. The van der Waals surface area contributed by atoms with Crippen molar-refractivity contribution in [1.29, 1.82) is 0 Å². The Hall–Kier alpha value is -1.88. The normalized spacial score (nSPS) is 28.2. The predicted molar refractivity (Wildman–Crippen MR) is 77.2 cm³/mol. The highest BCUT2D eigenvalue weighted by molar-refractivity contribution is 5.98. The highest BCUT2D eigenvalue weighted by Crippen LogP contribution is 2.32. The van der Waals surface area contributed by atoms with Crippen LogP contribution in [0.15, 0.2) is 24.3 Å². The number of amides is 1. The molecule has 0 aliphatic carbocycles. The van der Waals surface area contributed by atoms with Gasteiger partial charge in [-0.3, -0.25) is 9.59 Å². The van der Waals surface area contributed by atoms with Gasteiger partial charge in [-0.1, -0.05) is 18.2 Å². The minimum absolute atomic E-state index is 0.0919. The number of rotatable bonds is 2. The number of aliphatic carboxylic acids is 1. The maximum atomic E-state index is 12.7. The van der Waals surface area contributed by atoms with Gasteiger partial charge in [0, 0.05) is 12.2 Å². The number of hydrogen-bond acceptors (Lipinski definition) is 3. The van der Waals surface area contributed by atoms with Gasteiger partial charge >= 0.3 is 5.97 Å². The Balaban J connectivity index is 1.89. The van der Waals surface area contributed by atoms with Crippen molar-refractivity contribution in [3.8, 4) is 0 Å². The molecule has 112 valence electrons. The number of fused-ring (bicyclic) bond motifs is 1. The molecule has 1 amide bonds. The summed E-state index contributed by atoms with van der Waals surface area (Å²) in [6.07, 6.45) is 1.69. The summed E-state index contributed by atoms with van der Waals surface area (Å²) in [5.41, 5.74) is 1.73. The zero-order valence-corrected chi connectivity index (χ0v) is 12.0. The summed E-state index contributed by atoms with van der Waals surface area (Å²) < 4.78 is 5.65. The number of hydrogen-bond donors (Lipinski definition) is 1. The molecular weight excluding hydrogens is 270 g/mol. The third-order valence-corrected chi connectivity index (χ3v) is 4.27. The lowest BCUT2D eigenvalue weighted by Crippen LogP contribution is -2.46. The molecule has 0 saturated carbocycles. The molecule has 1 aromatic rings. The Bertz CT molecular complexity index is 571. The highest BCUT2D eigenvalue weighted by atomic mass is 16.5. The number of carbonyl (C=O) groups excluding carboxylic acids is 1. The van der Waals surface area contributed by atoms with Crippen molar-refractivity contribution in [2.75, 3.05) is 11.4 Å². The van der Waals surface area contributed by atoms with Gasteiger partial charge in [0.15, 0.2) is 0 Å². The molecule has 2 heterocycles. The van der Waals surface area contributed by atoms with Crippen LogP contribution in [-0.2, 0) is 20.7 Å². The van der Waals surface area contributed by atoms with Gasteiger partial charge in [0.25, 0.3) is 5.91 Å². The van der Waals surface area contributed by atoms with E-state index >= 15 is 0 Å². The van der Waals surface area contributed by atoms with Crippen molar-refractivity contribution in [2.45, 2.75) is 38.4 Å². The van der Waals surface area contributed by atoms with Crippen LogP contribution in [0.2, 0.25) is 0 Å². The molecule has 5 nitrogen and oxygen atoms in total. The van der Waals surface area contributed by atoms with E-state index in [4.69, 9.17) is 4.74 Å². The summed E-state index contributed by atoms with van der Waals surface area (Å²) in [6, 6.07) is 7.52. The number of para-hydroxylation sites is 1. The average molecular weight is 289 g/mol. The predicted octanol–water partition coefficient (Wildman–Crippen LogP) is 1.84. The fourth-order valence-corrected chi connectivity index (χ4v) is 3.13. The van der Waals surface area contributed by atoms with Gasteiger partial charge in [-0.25, -0.2) is 0 Å². The molecule has 3 unspecified atom stereocenters. The monoisotopic (exact) mass is 289 g/mol. The lowest BCUT2D eigenvalue weighted by atomic mass is 9.92. The molecule has 1 saturated heterocycles. The van der Waals surface area contributed by atoms with Crippen molar-refractivity contribution in [3.63, 3.8) is 0 Å². The maximum Gasteiger partial charge on any atom is 0.308 e. The van der Waals surface area contributed by atoms with Crippen LogP contribution in [0.25, 0.3) is 0 Å². The summed E-state index contributed by atoms with van der Waals surface area (Å²) in [5, 5.41) is 9.30. The van der Waals surface area contributed by atoms with Crippen LogP contribution in [0.5, 0.6) is 0 Å². The maximum absolute atomic E-state index is 12.7. The number of carbonyl (C=O) groups is 2. The first-order chi connectivity index (χ1) is 10.1. The summed E-state index contributed by atoms with van der Waals surface area (Å²) >= 11 is 0. The molecule has 2 aliphatic heterocycles. The van der Waals surface area contributed by atoms with Crippen LogP contribution in [0.4, 0.5) is 5.69 Å². The minimum Gasteiger partial charge on any atom is -0.481 e. The van der Waals surface area contributed by atoms with E-state index < -0.39 is 18.0 Å². The van der Waals surface area contributed by atoms with Crippen molar-refractivity contribution >= 4 is 17.6 Å². The van der Waals surface area contributed by atoms with E-state index in [0.717, 1.165) is 17.7 Å². The number of nitrogens with zero attached hydrogens (tertiary/aromatic N) is 1. The van der Waals surface area contributed by atoms with Gasteiger partial charge in [-0.15, -0.1) is 0 Å². The molecule has 2 aliphatic rings. The Morgan fingerprint density at radius 3 is 2.71 bits per heavy atom. The number of carboxylic acids is 1. The van der Waals surface area contributed by atoms with Crippen molar-refractivity contribution in [2.24, 2.45) is 5.92 Å². The van der Waals surface area contributed by atoms with Crippen molar-refractivity contribution in [3.05, 3.63) is 29.8 Å². The second-order valence-corrected chi connectivity index (χ2v) is 5.83. The molecule has 1 N–H and O–H groups in total. The summed E-state index contributed by atoms with van der Waals surface area (Å²) in [5.74, 6) is -1.52. The Labute approximate surface area is 123 Å². The van der Waals surface area contributed by atoms with Gasteiger partial charge in [0.05, 0.1) is 12.0 Å². The number of anilines is 1. The molecule has 3 rings (SSSR count). The fraction of sp³-hybridized carbons (Fsp3) is 0.500. The molecule has 3 atom stereocenters. The number of carboxylic acid groups (broad SMARTS) is 1. The number of benzene rings is 1. The first-order valence-corrected chi connectivity index (χ1v) is 7.34. The van der Waals surface area contributed by atoms with E-state index in [2.05, 4.69) is 0 Å². The Kier molecular flexibility index (Phi) is 3.68. The summed E-state index contributed by atoms with van der Waals surface area (Å²) in [6.45, 7) is 2.18. The highest BCUT2D eigenvalue weighted by Gasteiger charge is 2.37. The third kappa shape index (κ3) is 2.65. The Morgan fingerprint density at radius 2 is 2.05 bits per heavy atom. The van der Waals surface area contributed by atoms with Crippen LogP contribution < -0.4 is 4.90 Å². The second kappa shape index (κ2) is 5.48. The van der Waals surface area contributed by atoms with Crippen LogP contribution in [0.1, 0.15) is 25.3 Å². The van der Waals surface area contributed by atoms with E-state index in [1.54, 1.807) is 4.90 Å². The fourth-order valence-electron chi connectivity index (χ4n) is 3.13. The van der Waals surface area contributed by atoms with E-state index in [0.29, 0.717) is 12.8 Å². The molecule has 0 bridgehead atoms. The minimum atomic E-state index is -0.858. The SMILES string of the molecule is CC1CCC(C(=O)N2CC(C(=O)O)Cc3ccccc32)O1. The summed E-state index contributed by atoms with van der Waals surface area (Å²) in [4.78, 5) is 25.6. The van der Waals surface area contributed by atoms with Gasteiger partial charge in [0.1, 0.15) is 6.10 Å². The first-order valence-electron chi connectivity index (χ1n) is 7.34. The smallest absolute Gasteiger partial charge is 0.308 e. The zero-order chi connectivity index (χ0) is 15.0. The van der Waals surface area contributed by atoms with Gasteiger partial charge in [0.2, 0.25) is 0 Å². The quantitative estimate of drug-likeness (QED) is 0.902. The van der Waals surface area contributed by atoms with Gasteiger partial charge in [-0.2, -0.15) is 0 Å². The molecular formula is C16H19NO4. The van der Waals surface area contributed by atoms with E-state index in [-0.39, 0.29) is 18.6 Å². The molecule has 5 heteroatoms.